The molecule has 1 fully saturated rings. The van der Waals surface area contributed by atoms with Gasteiger partial charge in [-0.3, -0.25) is 4.79 Å². The molecular weight excluding hydrogens is 378 g/mol. The molecule has 0 atom stereocenters. The van der Waals surface area contributed by atoms with Crippen LogP contribution in [0.25, 0.3) is 5.69 Å². The molecule has 9 heteroatoms. The van der Waals surface area contributed by atoms with Crippen molar-refractivity contribution in [3.05, 3.63) is 60.7 Å². The fraction of sp³-hybridized carbons (Fsp3) is 0.316. The molecule has 0 unspecified atom stereocenters. The van der Waals surface area contributed by atoms with Crippen molar-refractivity contribution in [1.29, 1.82) is 0 Å². The Kier molecular flexibility index (Phi) is 4.76. The molecule has 1 aromatic carbocycles. The van der Waals surface area contributed by atoms with Crippen molar-refractivity contribution in [2.75, 3.05) is 13.1 Å². The first-order valence-corrected chi connectivity index (χ1v) is 10.6. The number of sulfone groups is 1. The number of rotatable bonds is 4. The first-order valence-electron chi connectivity index (χ1n) is 9.07. The molecular formula is C19H21N5O3S. The van der Waals surface area contributed by atoms with E-state index in [-0.39, 0.29) is 11.1 Å². The van der Waals surface area contributed by atoms with Gasteiger partial charge in [0, 0.05) is 43.8 Å². The zero-order chi connectivity index (χ0) is 19.7. The highest BCUT2D eigenvalue weighted by Gasteiger charge is 2.35. The molecule has 1 saturated heterocycles. The number of hydrogen-bond donors (Lipinski definition) is 0. The molecule has 0 spiro atoms. The number of benzene rings is 1. The third-order valence-electron chi connectivity index (χ3n) is 5.11. The fourth-order valence-corrected chi connectivity index (χ4v) is 5.25. The van der Waals surface area contributed by atoms with Crippen molar-refractivity contribution < 1.29 is 13.2 Å². The Morgan fingerprint density at radius 2 is 1.71 bits per heavy atom. The molecule has 28 heavy (non-hydrogen) atoms. The molecule has 0 saturated carbocycles. The summed E-state index contributed by atoms with van der Waals surface area (Å²) in [4.78, 5) is 14.5. The normalized spacial score (nSPS) is 15.7. The molecule has 1 aliphatic rings. The number of hydrogen-bond acceptors (Lipinski definition) is 5. The van der Waals surface area contributed by atoms with Crippen LogP contribution in [-0.4, -0.2) is 56.9 Å². The molecule has 146 valence electrons. The molecule has 3 heterocycles. The summed E-state index contributed by atoms with van der Waals surface area (Å²) in [6, 6.07) is 11.3. The van der Waals surface area contributed by atoms with Gasteiger partial charge in [0.25, 0.3) is 5.91 Å². The van der Waals surface area contributed by atoms with Crippen LogP contribution in [0.15, 0.2) is 60.3 Å². The maximum Gasteiger partial charge on any atom is 0.253 e. The zero-order valence-corrected chi connectivity index (χ0v) is 16.3. The third kappa shape index (κ3) is 3.33. The van der Waals surface area contributed by atoms with E-state index in [1.54, 1.807) is 24.1 Å². The van der Waals surface area contributed by atoms with Gasteiger partial charge in [0.05, 0.1) is 5.25 Å². The Morgan fingerprint density at radius 3 is 2.29 bits per heavy atom. The summed E-state index contributed by atoms with van der Waals surface area (Å²) in [5.74, 6) is -0.0754. The van der Waals surface area contributed by atoms with Gasteiger partial charge >= 0.3 is 0 Å². The number of likely N-dealkylation sites (tertiary alicyclic amines) is 1. The smallest absolute Gasteiger partial charge is 0.253 e. The fourth-order valence-electron chi connectivity index (χ4n) is 3.51. The van der Waals surface area contributed by atoms with Crippen LogP contribution in [0.5, 0.6) is 0 Å². The molecule has 1 amide bonds. The number of carbonyl (C=O) groups excluding carboxylic acids is 1. The van der Waals surface area contributed by atoms with Crippen molar-refractivity contribution >= 4 is 15.7 Å². The second kappa shape index (κ2) is 7.23. The van der Waals surface area contributed by atoms with Gasteiger partial charge in [-0.25, -0.2) is 8.42 Å². The number of aryl methyl sites for hydroxylation is 1. The van der Waals surface area contributed by atoms with E-state index in [2.05, 4.69) is 10.2 Å². The van der Waals surface area contributed by atoms with Gasteiger partial charge in [-0.05, 0) is 49.2 Å². The van der Waals surface area contributed by atoms with E-state index in [1.165, 1.54) is 10.9 Å². The van der Waals surface area contributed by atoms with Crippen LogP contribution >= 0.6 is 0 Å². The maximum absolute atomic E-state index is 12.8. The summed E-state index contributed by atoms with van der Waals surface area (Å²) in [5, 5.41) is 6.83. The lowest BCUT2D eigenvalue weighted by Crippen LogP contribution is -2.42. The quantitative estimate of drug-likeness (QED) is 0.666. The standard InChI is InChI=1S/C19H21N5O3S/c1-22-14-20-21-19(22)28(26,27)17-8-12-24(13-9-17)18(25)15-4-6-16(7-5-15)23-10-2-3-11-23/h2-7,10-11,14,17H,8-9,12-13H2,1H3. The van der Waals surface area contributed by atoms with Crippen LogP contribution in [0.4, 0.5) is 0 Å². The minimum absolute atomic E-state index is 0.0159. The molecule has 2 aromatic heterocycles. The number of aromatic nitrogens is 4. The molecule has 8 nitrogen and oxygen atoms in total. The first-order chi connectivity index (χ1) is 13.5. The summed E-state index contributed by atoms with van der Waals surface area (Å²) in [7, 11) is -1.93. The van der Waals surface area contributed by atoms with Crippen molar-refractivity contribution in [3.63, 3.8) is 0 Å². The minimum atomic E-state index is -3.55. The number of amides is 1. The summed E-state index contributed by atoms with van der Waals surface area (Å²) >= 11 is 0. The number of carbonyl (C=O) groups is 1. The zero-order valence-electron chi connectivity index (χ0n) is 15.5. The van der Waals surface area contributed by atoms with E-state index >= 15 is 0 Å². The van der Waals surface area contributed by atoms with Crippen molar-refractivity contribution in [3.8, 4) is 5.69 Å². The maximum atomic E-state index is 12.8. The van der Waals surface area contributed by atoms with Crippen LogP contribution in [-0.2, 0) is 16.9 Å². The van der Waals surface area contributed by atoms with Crippen molar-refractivity contribution in [1.82, 2.24) is 24.2 Å². The van der Waals surface area contributed by atoms with Gasteiger partial charge in [0.2, 0.25) is 15.0 Å². The SMILES string of the molecule is Cn1cnnc1S(=O)(=O)C1CCN(C(=O)c2ccc(-n3cccc3)cc2)CC1. The monoisotopic (exact) mass is 399 g/mol. The molecule has 0 aliphatic carbocycles. The Balaban J connectivity index is 1.42. The average Bonchev–Trinajstić information content (AvgIpc) is 3.40. The van der Waals surface area contributed by atoms with Gasteiger partial charge < -0.3 is 14.0 Å². The highest BCUT2D eigenvalue weighted by molar-refractivity contribution is 7.91. The molecule has 0 radical (unpaired) electrons. The van der Waals surface area contributed by atoms with E-state index in [4.69, 9.17) is 0 Å². The van der Waals surface area contributed by atoms with Crippen LogP contribution in [0.2, 0.25) is 0 Å². The topological polar surface area (TPSA) is 90.1 Å². The summed E-state index contributed by atoms with van der Waals surface area (Å²) in [6.45, 7) is 0.805. The van der Waals surface area contributed by atoms with E-state index < -0.39 is 15.1 Å². The van der Waals surface area contributed by atoms with Crippen LogP contribution in [0, 0.1) is 0 Å². The predicted molar refractivity (Wildman–Crippen MR) is 103 cm³/mol. The Morgan fingerprint density at radius 1 is 1.07 bits per heavy atom. The molecule has 0 N–H and O–H groups in total. The molecule has 1 aliphatic heterocycles. The lowest BCUT2D eigenvalue weighted by molar-refractivity contribution is 0.0725. The largest absolute Gasteiger partial charge is 0.339 e. The average molecular weight is 399 g/mol. The molecule has 3 aromatic rings. The van der Waals surface area contributed by atoms with Gasteiger partial charge in [0.15, 0.2) is 0 Å². The van der Waals surface area contributed by atoms with Gasteiger partial charge in [-0.2, -0.15) is 0 Å². The van der Waals surface area contributed by atoms with Crippen LogP contribution < -0.4 is 0 Å². The second-order valence-electron chi connectivity index (χ2n) is 6.90. The van der Waals surface area contributed by atoms with E-state index in [0.717, 1.165) is 5.69 Å². The molecule has 4 rings (SSSR count). The minimum Gasteiger partial charge on any atom is -0.339 e. The number of piperidine rings is 1. The van der Waals surface area contributed by atoms with Gasteiger partial charge in [-0.15, -0.1) is 10.2 Å². The van der Waals surface area contributed by atoms with Gasteiger partial charge in [0.1, 0.15) is 6.33 Å². The lowest BCUT2D eigenvalue weighted by Gasteiger charge is -2.31. The van der Waals surface area contributed by atoms with Gasteiger partial charge in [-0.1, -0.05) is 0 Å². The predicted octanol–water partition coefficient (Wildman–Crippen LogP) is 1.68. The van der Waals surface area contributed by atoms with Crippen LogP contribution in [0.1, 0.15) is 23.2 Å². The van der Waals surface area contributed by atoms with Crippen LogP contribution in [0.3, 0.4) is 0 Å². The van der Waals surface area contributed by atoms with E-state index in [1.807, 2.05) is 41.2 Å². The van der Waals surface area contributed by atoms with Crippen molar-refractivity contribution in [2.24, 2.45) is 7.05 Å². The van der Waals surface area contributed by atoms with E-state index in [9.17, 15) is 13.2 Å². The highest BCUT2D eigenvalue weighted by Crippen LogP contribution is 2.24. The second-order valence-corrected chi connectivity index (χ2v) is 9.02. The summed E-state index contributed by atoms with van der Waals surface area (Å²) < 4.78 is 28.9. The summed E-state index contributed by atoms with van der Waals surface area (Å²) in [6.07, 6.45) is 6.05. The highest BCUT2D eigenvalue weighted by atomic mass is 32.2. The third-order valence-corrected chi connectivity index (χ3v) is 7.34. The Labute approximate surface area is 163 Å². The van der Waals surface area contributed by atoms with Crippen molar-refractivity contribution in [2.45, 2.75) is 23.2 Å². The first kappa shape index (κ1) is 18.4. The lowest BCUT2D eigenvalue weighted by atomic mass is 10.1. The Bertz CT molecular complexity index is 1060. The number of nitrogens with zero attached hydrogens (tertiary/aromatic N) is 5. The van der Waals surface area contributed by atoms with E-state index in [0.29, 0.717) is 31.5 Å². The Hall–Kier alpha value is -2.94. The molecule has 0 bridgehead atoms. The summed E-state index contributed by atoms with van der Waals surface area (Å²) in [5.41, 5.74) is 1.58.